The van der Waals surface area contributed by atoms with Crippen molar-refractivity contribution >= 4 is 35.3 Å². The quantitative estimate of drug-likeness (QED) is 0.231. The van der Waals surface area contributed by atoms with E-state index in [1.54, 1.807) is 49.3 Å². The van der Waals surface area contributed by atoms with E-state index in [0.29, 0.717) is 24.9 Å². The molecule has 5 atom stereocenters. The van der Waals surface area contributed by atoms with Crippen LogP contribution in [0.15, 0.2) is 30.3 Å². The summed E-state index contributed by atoms with van der Waals surface area (Å²) in [5, 5.41) is 7.80. The van der Waals surface area contributed by atoms with Crippen molar-refractivity contribution in [3.05, 3.63) is 35.9 Å². The zero-order valence-electron chi connectivity index (χ0n) is 27.7. The molecule has 1 saturated carbocycles. The summed E-state index contributed by atoms with van der Waals surface area (Å²) in [6, 6.07) is 5.31. The summed E-state index contributed by atoms with van der Waals surface area (Å²) in [6.07, 6.45) is 2.73. The van der Waals surface area contributed by atoms with Crippen molar-refractivity contribution in [2.75, 3.05) is 27.2 Å². The lowest BCUT2D eigenvalue weighted by atomic mass is 9.85. The number of amides is 5. The third-order valence-corrected chi connectivity index (χ3v) is 8.85. The molecule has 0 radical (unpaired) electrons. The van der Waals surface area contributed by atoms with Crippen molar-refractivity contribution < 1.29 is 34.5 Å². The molecule has 248 valence electrons. The second-order valence-corrected chi connectivity index (χ2v) is 14.0. The van der Waals surface area contributed by atoms with Gasteiger partial charge in [-0.2, -0.15) is 0 Å². The molecule has 0 aromatic heterocycles. The second-order valence-electron chi connectivity index (χ2n) is 14.0. The van der Waals surface area contributed by atoms with E-state index >= 15 is 0 Å². The molecule has 1 heterocycles. The largest absolute Gasteiger partial charge is 0.347 e. The molecule has 1 saturated heterocycles. The van der Waals surface area contributed by atoms with Crippen molar-refractivity contribution in [1.82, 2.24) is 25.8 Å². The van der Waals surface area contributed by atoms with Gasteiger partial charge in [0.15, 0.2) is 6.04 Å². The van der Waals surface area contributed by atoms with Crippen molar-refractivity contribution in [3.63, 3.8) is 0 Å². The number of ketones is 1. The van der Waals surface area contributed by atoms with E-state index in [0.717, 1.165) is 12.8 Å². The number of Topliss-reactive ketones (excluding diaryl/α,β-unsaturated/α-hetero) is 1. The van der Waals surface area contributed by atoms with Crippen molar-refractivity contribution in [1.29, 1.82) is 0 Å². The highest BCUT2D eigenvalue weighted by Gasteiger charge is 2.48. The normalized spacial score (nSPS) is 20.2. The van der Waals surface area contributed by atoms with Gasteiger partial charge in [0, 0.05) is 26.1 Å². The van der Waals surface area contributed by atoms with Crippen LogP contribution in [0.5, 0.6) is 0 Å². The number of benzene rings is 1. The van der Waals surface area contributed by atoms with Gasteiger partial charge in [-0.25, -0.2) is 0 Å². The molecule has 12 nitrogen and oxygen atoms in total. The van der Waals surface area contributed by atoms with Crippen LogP contribution in [0.1, 0.15) is 71.9 Å². The Morgan fingerprint density at radius 2 is 1.60 bits per heavy atom. The lowest BCUT2D eigenvalue weighted by Crippen LogP contribution is -2.73. The zero-order chi connectivity index (χ0) is 33.6. The van der Waals surface area contributed by atoms with Crippen LogP contribution in [0, 0.1) is 23.2 Å². The summed E-state index contributed by atoms with van der Waals surface area (Å²) >= 11 is 0. The van der Waals surface area contributed by atoms with Crippen LogP contribution in [-0.4, -0.2) is 90.4 Å². The van der Waals surface area contributed by atoms with Crippen LogP contribution in [-0.2, 0) is 28.8 Å². The molecule has 45 heavy (non-hydrogen) atoms. The first-order chi connectivity index (χ1) is 21.0. The molecule has 2 fully saturated rings. The highest BCUT2D eigenvalue weighted by Crippen LogP contribution is 2.35. The summed E-state index contributed by atoms with van der Waals surface area (Å²) in [7, 11) is 3.15. The van der Waals surface area contributed by atoms with Gasteiger partial charge in [0.05, 0.1) is 12.6 Å². The molecule has 6 N–H and O–H groups in total. The Labute approximate surface area is 266 Å². The summed E-state index contributed by atoms with van der Waals surface area (Å²) in [6.45, 7) is 9.68. The molecule has 2 aliphatic rings. The van der Waals surface area contributed by atoms with E-state index < -0.39 is 59.6 Å². The number of likely N-dealkylation sites (tertiary alicyclic amines) is 1. The van der Waals surface area contributed by atoms with Gasteiger partial charge in [0.2, 0.25) is 23.5 Å². The standard InChI is InChI=1S/C33H50N6O6/c1-19(2)22-15-16-39(32(45)28(34)33(3,4)5)26(22)29(42)36-23(17-20-13-14-20)27(41)30(43)35-18-24(40)37-25(31(44)38(6)7)21-11-9-8-10-12-21/h8-12,19-20,22-23,25-26,28H,13-18,34H2,1-7H3,(H,35,43)(H,36,42)(H,37,40)/p+1/t22?,23?,25-,26?,28?/m0/s1. The van der Waals surface area contributed by atoms with E-state index in [1.165, 1.54) is 4.90 Å². The number of rotatable bonds is 13. The third kappa shape index (κ3) is 9.35. The number of hydrogen-bond donors (Lipinski definition) is 4. The second kappa shape index (κ2) is 15.0. The minimum Gasteiger partial charge on any atom is -0.347 e. The molecule has 5 amide bonds. The van der Waals surface area contributed by atoms with Gasteiger partial charge in [-0.15, -0.1) is 0 Å². The van der Waals surface area contributed by atoms with Crippen LogP contribution in [0.2, 0.25) is 0 Å². The maximum Gasteiger partial charge on any atom is 0.290 e. The molecule has 3 rings (SSSR count). The van der Waals surface area contributed by atoms with Crippen molar-refractivity contribution in [3.8, 4) is 0 Å². The van der Waals surface area contributed by atoms with Crippen LogP contribution >= 0.6 is 0 Å². The fourth-order valence-electron chi connectivity index (χ4n) is 5.65. The molecule has 1 aliphatic carbocycles. The Hall–Kier alpha value is -3.80. The van der Waals surface area contributed by atoms with Crippen LogP contribution in [0.3, 0.4) is 0 Å². The lowest BCUT2D eigenvalue weighted by Gasteiger charge is -2.33. The first kappa shape index (κ1) is 35.7. The molecule has 1 aliphatic heterocycles. The van der Waals surface area contributed by atoms with E-state index in [2.05, 4.69) is 21.7 Å². The van der Waals surface area contributed by atoms with E-state index in [4.69, 9.17) is 0 Å². The van der Waals surface area contributed by atoms with Gasteiger partial charge in [0.1, 0.15) is 12.1 Å². The number of nitrogens with one attached hydrogen (secondary N) is 3. The number of carbonyl (C=O) groups is 6. The number of nitrogens with zero attached hydrogens (tertiary/aromatic N) is 2. The maximum absolute atomic E-state index is 13.8. The zero-order valence-corrected chi connectivity index (χ0v) is 27.7. The van der Waals surface area contributed by atoms with Gasteiger partial charge < -0.3 is 31.5 Å². The van der Waals surface area contributed by atoms with Gasteiger partial charge in [-0.05, 0) is 36.2 Å². The van der Waals surface area contributed by atoms with Gasteiger partial charge >= 0.3 is 0 Å². The van der Waals surface area contributed by atoms with Gasteiger partial charge in [0.25, 0.3) is 11.8 Å². The molecule has 0 bridgehead atoms. The van der Waals surface area contributed by atoms with Crippen molar-refractivity contribution in [2.24, 2.45) is 23.2 Å². The first-order valence-corrected chi connectivity index (χ1v) is 15.8. The van der Waals surface area contributed by atoms with Crippen molar-refractivity contribution in [2.45, 2.75) is 84.5 Å². The topological polar surface area (TPSA) is 173 Å². The summed E-state index contributed by atoms with van der Waals surface area (Å²) in [5.74, 6) is -3.33. The smallest absolute Gasteiger partial charge is 0.290 e. The van der Waals surface area contributed by atoms with E-state index in [-0.39, 0.29) is 29.6 Å². The van der Waals surface area contributed by atoms with Gasteiger partial charge in [-0.3, -0.25) is 28.8 Å². The SMILES string of the molecule is CC(C)C1CCN(C(=O)C([NH3+])C(C)(C)C)C1C(=O)NC(CC1CC1)C(=O)C(=O)NCC(=O)N[C@H](C(=O)N(C)C)c1ccccc1. The van der Waals surface area contributed by atoms with Crippen LogP contribution in [0.25, 0.3) is 0 Å². The van der Waals surface area contributed by atoms with Crippen LogP contribution in [0.4, 0.5) is 0 Å². The lowest BCUT2D eigenvalue weighted by molar-refractivity contribution is -0.428. The number of quaternary nitrogens is 1. The average molecular weight is 628 g/mol. The number of likely N-dealkylation sites (N-methyl/N-ethyl adjacent to an activating group) is 1. The highest BCUT2D eigenvalue weighted by atomic mass is 16.2. The third-order valence-electron chi connectivity index (χ3n) is 8.85. The maximum atomic E-state index is 13.8. The summed E-state index contributed by atoms with van der Waals surface area (Å²) < 4.78 is 0. The van der Waals surface area contributed by atoms with Gasteiger partial charge in [-0.1, -0.05) is 77.8 Å². The number of carbonyl (C=O) groups excluding carboxylic acids is 6. The Morgan fingerprint density at radius 3 is 2.13 bits per heavy atom. The fourth-order valence-corrected chi connectivity index (χ4v) is 5.65. The molecule has 0 spiro atoms. The molecular weight excluding hydrogens is 576 g/mol. The predicted molar refractivity (Wildman–Crippen MR) is 168 cm³/mol. The Bertz CT molecular complexity index is 1260. The average Bonchev–Trinajstić information content (AvgIpc) is 3.69. The predicted octanol–water partition coefficient (Wildman–Crippen LogP) is 0.432. The Balaban J connectivity index is 1.70. The minimum atomic E-state index is -1.09. The minimum absolute atomic E-state index is 0.106. The Morgan fingerprint density at radius 1 is 0.978 bits per heavy atom. The van der Waals surface area contributed by atoms with E-state index in [9.17, 15) is 28.8 Å². The molecule has 4 unspecified atom stereocenters. The highest BCUT2D eigenvalue weighted by molar-refractivity contribution is 6.38. The molecule has 1 aromatic carbocycles. The number of hydrogen-bond acceptors (Lipinski definition) is 6. The summed E-state index contributed by atoms with van der Waals surface area (Å²) in [4.78, 5) is 82.2. The van der Waals surface area contributed by atoms with Crippen LogP contribution < -0.4 is 21.7 Å². The molecule has 1 aromatic rings. The Kier molecular flexibility index (Phi) is 11.9. The first-order valence-electron chi connectivity index (χ1n) is 15.8. The summed E-state index contributed by atoms with van der Waals surface area (Å²) in [5.41, 5.74) is 4.26. The monoisotopic (exact) mass is 627 g/mol. The fraction of sp³-hybridized carbons (Fsp3) is 0.636. The van der Waals surface area contributed by atoms with E-state index in [1.807, 2.05) is 34.6 Å². The molecular formula is C33H51N6O6+. The molecule has 12 heteroatoms.